The molecule has 1 aliphatic rings. The molecule has 1 aliphatic heterocycles. The van der Waals surface area contributed by atoms with Crippen LogP contribution in [0, 0.1) is 11.6 Å². The third kappa shape index (κ3) is 3.32. The van der Waals surface area contributed by atoms with Gasteiger partial charge in [-0.15, -0.1) is 17.5 Å². The van der Waals surface area contributed by atoms with Crippen molar-refractivity contribution in [1.29, 1.82) is 0 Å². The number of rotatable bonds is 3. The molecule has 1 fully saturated rings. The molecule has 0 saturated carbocycles. The molecule has 0 radical (unpaired) electrons. The van der Waals surface area contributed by atoms with E-state index in [1.54, 1.807) is 6.07 Å². The smallest absolute Gasteiger partial charge is 0.241 e. The molecule has 4 rings (SSSR count). The Bertz CT molecular complexity index is 858. The topological polar surface area (TPSA) is 39.1 Å². The van der Waals surface area contributed by atoms with Crippen LogP contribution in [0.4, 0.5) is 8.78 Å². The van der Waals surface area contributed by atoms with Crippen LogP contribution in [0.3, 0.4) is 0 Å². The number of ether oxygens (including phenoxy) is 1. The first-order valence-corrected chi connectivity index (χ1v) is 8.03. The molecule has 4 nitrogen and oxygen atoms in total. The van der Waals surface area contributed by atoms with E-state index in [1.807, 2.05) is 18.2 Å². The summed E-state index contributed by atoms with van der Waals surface area (Å²) in [6, 6.07) is 11.1. The normalized spacial score (nSPS) is 15.1. The second-order valence-corrected chi connectivity index (χ2v) is 5.87. The van der Waals surface area contributed by atoms with Crippen molar-refractivity contribution in [3.8, 4) is 11.6 Å². The SMILES string of the molecule is Cl.Fc1cccc(F)c1-n1nc(OC2CCNCC2)c2ccccc21. The van der Waals surface area contributed by atoms with E-state index in [1.165, 1.54) is 22.9 Å². The molecule has 132 valence electrons. The van der Waals surface area contributed by atoms with Crippen molar-refractivity contribution in [2.24, 2.45) is 0 Å². The van der Waals surface area contributed by atoms with Crippen molar-refractivity contribution >= 4 is 23.3 Å². The summed E-state index contributed by atoms with van der Waals surface area (Å²) >= 11 is 0. The molecule has 1 aromatic heterocycles. The summed E-state index contributed by atoms with van der Waals surface area (Å²) in [4.78, 5) is 0. The first kappa shape index (κ1) is 17.6. The van der Waals surface area contributed by atoms with Gasteiger partial charge in [-0.2, -0.15) is 0 Å². The van der Waals surface area contributed by atoms with Gasteiger partial charge in [-0.05, 0) is 50.2 Å². The van der Waals surface area contributed by atoms with Gasteiger partial charge in [0, 0.05) is 0 Å². The zero-order valence-electron chi connectivity index (χ0n) is 13.4. The highest BCUT2D eigenvalue weighted by Crippen LogP contribution is 2.30. The summed E-state index contributed by atoms with van der Waals surface area (Å²) < 4.78 is 35.7. The number of aromatic nitrogens is 2. The van der Waals surface area contributed by atoms with Gasteiger partial charge in [-0.1, -0.05) is 18.2 Å². The summed E-state index contributed by atoms with van der Waals surface area (Å²) in [7, 11) is 0. The van der Waals surface area contributed by atoms with Crippen molar-refractivity contribution in [3.05, 3.63) is 54.1 Å². The van der Waals surface area contributed by atoms with Crippen LogP contribution in [0.25, 0.3) is 16.6 Å². The predicted octanol–water partition coefficient (Wildman–Crippen LogP) is 3.86. The number of halogens is 3. The number of para-hydroxylation sites is 2. The number of nitrogens with one attached hydrogen (secondary N) is 1. The van der Waals surface area contributed by atoms with Crippen LogP contribution in [-0.2, 0) is 0 Å². The molecule has 7 heteroatoms. The molecule has 1 N–H and O–H groups in total. The Kier molecular flexibility index (Phi) is 5.20. The fourth-order valence-electron chi connectivity index (χ4n) is 3.06. The molecule has 2 heterocycles. The maximum absolute atomic E-state index is 14.2. The highest BCUT2D eigenvalue weighted by molar-refractivity contribution is 5.86. The summed E-state index contributed by atoms with van der Waals surface area (Å²) in [5, 5.41) is 8.40. The predicted molar refractivity (Wildman–Crippen MR) is 94.8 cm³/mol. The van der Waals surface area contributed by atoms with Gasteiger partial charge >= 0.3 is 0 Å². The molecule has 0 aliphatic carbocycles. The minimum absolute atomic E-state index is 0. The largest absolute Gasteiger partial charge is 0.473 e. The Hall–Kier alpha value is -2.18. The van der Waals surface area contributed by atoms with Crippen LogP contribution in [-0.4, -0.2) is 29.0 Å². The second kappa shape index (κ2) is 7.37. The van der Waals surface area contributed by atoms with E-state index in [-0.39, 0.29) is 24.2 Å². The highest BCUT2D eigenvalue weighted by Gasteiger charge is 2.21. The van der Waals surface area contributed by atoms with Crippen LogP contribution >= 0.6 is 12.4 Å². The molecular weight excluding hydrogens is 348 g/mol. The van der Waals surface area contributed by atoms with Crippen LogP contribution < -0.4 is 10.1 Å². The Morgan fingerprint density at radius 1 is 1.00 bits per heavy atom. The van der Waals surface area contributed by atoms with Crippen LogP contribution in [0.2, 0.25) is 0 Å². The zero-order chi connectivity index (χ0) is 16.5. The highest BCUT2D eigenvalue weighted by atomic mass is 35.5. The van der Waals surface area contributed by atoms with Crippen molar-refractivity contribution in [2.45, 2.75) is 18.9 Å². The molecular formula is C18H18ClF2N3O. The molecule has 0 atom stereocenters. The van der Waals surface area contributed by atoms with Crippen molar-refractivity contribution in [2.75, 3.05) is 13.1 Å². The Morgan fingerprint density at radius 3 is 2.40 bits per heavy atom. The van der Waals surface area contributed by atoms with Crippen molar-refractivity contribution < 1.29 is 13.5 Å². The standard InChI is InChI=1S/C18H17F2N3O.ClH/c19-14-5-3-6-15(20)17(14)23-16-7-2-1-4-13(16)18(22-23)24-12-8-10-21-11-9-12;/h1-7,12,21H,8-11H2;1H. The summed E-state index contributed by atoms with van der Waals surface area (Å²) in [6.45, 7) is 1.79. The third-order valence-corrected chi connectivity index (χ3v) is 4.27. The lowest BCUT2D eigenvalue weighted by Crippen LogP contribution is -2.34. The summed E-state index contributed by atoms with van der Waals surface area (Å²) in [5.74, 6) is -0.895. The van der Waals surface area contributed by atoms with Gasteiger partial charge in [-0.25, -0.2) is 13.5 Å². The molecule has 1 saturated heterocycles. The number of hydrogen-bond acceptors (Lipinski definition) is 3. The van der Waals surface area contributed by atoms with Gasteiger partial charge in [0.25, 0.3) is 0 Å². The van der Waals surface area contributed by atoms with Gasteiger partial charge < -0.3 is 10.1 Å². The maximum Gasteiger partial charge on any atom is 0.241 e. The zero-order valence-corrected chi connectivity index (χ0v) is 14.2. The fraction of sp³-hybridized carbons (Fsp3) is 0.278. The van der Waals surface area contributed by atoms with E-state index in [0.29, 0.717) is 11.4 Å². The van der Waals surface area contributed by atoms with E-state index in [4.69, 9.17) is 4.74 Å². The molecule has 0 amide bonds. The lowest BCUT2D eigenvalue weighted by atomic mass is 10.1. The first-order valence-electron chi connectivity index (χ1n) is 8.03. The van der Waals surface area contributed by atoms with Crippen molar-refractivity contribution in [3.63, 3.8) is 0 Å². The van der Waals surface area contributed by atoms with Crippen LogP contribution in [0.5, 0.6) is 5.88 Å². The average molecular weight is 366 g/mol. The Morgan fingerprint density at radius 2 is 1.68 bits per heavy atom. The van der Waals surface area contributed by atoms with E-state index in [0.717, 1.165) is 31.3 Å². The van der Waals surface area contributed by atoms with Crippen molar-refractivity contribution in [1.82, 2.24) is 15.1 Å². The number of fused-ring (bicyclic) bond motifs is 1. The first-order chi connectivity index (χ1) is 11.7. The van der Waals surface area contributed by atoms with Gasteiger partial charge in [-0.3, -0.25) is 0 Å². The Labute approximate surface area is 150 Å². The van der Waals surface area contributed by atoms with E-state index in [9.17, 15) is 8.78 Å². The average Bonchev–Trinajstić information content (AvgIpc) is 2.94. The molecule has 2 aromatic carbocycles. The summed E-state index contributed by atoms with van der Waals surface area (Å²) in [5.41, 5.74) is 0.430. The van der Waals surface area contributed by atoms with Gasteiger partial charge in [0.2, 0.25) is 5.88 Å². The molecule has 0 unspecified atom stereocenters. The number of hydrogen-bond donors (Lipinski definition) is 1. The lowest BCUT2D eigenvalue weighted by Gasteiger charge is -2.22. The quantitative estimate of drug-likeness (QED) is 0.766. The lowest BCUT2D eigenvalue weighted by molar-refractivity contribution is 0.157. The molecule has 25 heavy (non-hydrogen) atoms. The minimum Gasteiger partial charge on any atom is -0.473 e. The molecule has 0 spiro atoms. The van der Waals surface area contributed by atoms with Gasteiger partial charge in [0.1, 0.15) is 11.8 Å². The van der Waals surface area contributed by atoms with Crippen LogP contribution in [0.1, 0.15) is 12.8 Å². The maximum atomic E-state index is 14.2. The van der Waals surface area contributed by atoms with Gasteiger partial charge in [0.15, 0.2) is 11.6 Å². The minimum atomic E-state index is -0.656. The van der Waals surface area contributed by atoms with E-state index < -0.39 is 11.6 Å². The van der Waals surface area contributed by atoms with Crippen LogP contribution in [0.15, 0.2) is 42.5 Å². The summed E-state index contributed by atoms with van der Waals surface area (Å²) in [6.07, 6.45) is 1.83. The number of piperidine rings is 1. The fourth-order valence-corrected chi connectivity index (χ4v) is 3.06. The number of benzene rings is 2. The third-order valence-electron chi connectivity index (χ3n) is 4.27. The second-order valence-electron chi connectivity index (χ2n) is 5.87. The monoisotopic (exact) mass is 365 g/mol. The number of nitrogens with zero attached hydrogens (tertiary/aromatic N) is 2. The molecule has 3 aromatic rings. The molecule has 0 bridgehead atoms. The van der Waals surface area contributed by atoms with E-state index in [2.05, 4.69) is 10.4 Å². The van der Waals surface area contributed by atoms with Gasteiger partial charge in [0.05, 0.1) is 10.9 Å². The van der Waals surface area contributed by atoms with E-state index >= 15 is 0 Å². The Balaban J connectivity index is 0.00000182.